The SMILES string of the molecule is N[As](O)(O)c1ccccc1. The molecule has 4 N–H and O–H groups in total. The van der Waals surface area contributed by atoms with Crippen molar-refractivity contribution in [2.75, 3.05) is 0 Å². The summed E-state index contributed by atoms with van der Waals surface area (Å²) >= 11 is -3.85. The minimum atomic E-state index is -3.85. The van der Waals surface area contributed by atoms with E-state index in [2.05, 4.69) is 0 Å². The molecule has 0 heterocycles. The number of hydrogen-bond donors (Lipinski definition) is 3. The van der Waals surface area contributed by atoms with Crippen LogP contribution in [0, 0.1) is 0 Å². The maximum atomic E-state index is 8.99. The molecule has 0 saturated carbocycles. The van der Waals surface area contributed by atoms with Crippen LogP contribution in [0.15, 0.2) is 30.3 Å². The van der Waals surface area contributed by atoms with Gasteiger partial charge in [0.1, 0.15) is 0 Å². The molecule has 10 heavy (non-hydrogen) atoms. The zero-order valence-corrected chi connectivity index (χ0v) is 7.18. The molecule has 0 spiro atoms. The average molecular weight is 202 g/mol. The second-order valence-electron chi connectivity index (χ2n) is 1.99. The first-order chi connectivity index (χ1) is 4.61. The third-order valence-corrected chi connectivity index (χ3v) is 3.36. The quantitative estimate of drug-likeness (QED) is 0.500. The van der Waals surface area contributed by atoms with Gasteiger partial charge in [0.15, 0.2) is 0 Å². The van der Waals surface area contributed by atoms with Gasteiger partial charge in [-0.15, -0.1) is 0 Å². The Morgan fingerprint density at radius 2 is 1.60 bits per heavy atom. The van der Waals surface area contributed by atoms with Crippen LogP contribution in [0.2, 0.25) is 0 Å². The summed E-state index contributed by atoms with van der Waals surface area (Å²) in [6.45, 7) is 0. The van der Waals surface area contributed by atoms with E-state index in [0.29, 0.717) is 4.35 Å². The summed E-state index contributed by atoms with van der Waals surface area (Å²) in [5.41, 5.74) is 0. The van der Waals surface area contributed by atoms with E-state index in [1.54, 1.807) is 30.3 Å². The van der Waals surface area contributed by atoms with Crippen LogP contribution < -0.4 is 9.00 Å². The first-order valence-corrected chi connectivity index (χ1v) is 6.49. The molecule has 55 valence electrons. The van der Waals surface area contributed by atoms with Gasteiger partial charge in [-0.2, -0.15) is 0 Å². The molecule has 3 nitrogen and oxygen atoms in total. The fourth-order valence-corrected chi connectivity index (χ4v) is 1.93. The van der Waals surface area contributed by atoms with E-state index in [4.69, 9.17) is 12.8 Å². The Morgan fingerprint density at radius 3 is 1.90 bits per heavy atom. The Balaban J connectivity index is 2.97. The van der Waals surface area contributed by atoms with E-state index in [9.17, 15) is 0 Å². The fraction of sp³-hybridized carbons (Fsp3) is 0. The molecule has 0 aliphatic rings. The van der Waals surface area contributed by atoms with Crippen molar-refractivity contribution in [3.8, 4) is 0 Å². The molecule has 1 rings (SSSR count). The Bertz CT molecular complexity index is 207. The van der Waals surface area contributed by atoms with E-state index >= 15 is 0 Å². The Hall–Kier alpha value is -0.342. The van der Waals surface area contributed by atoms with Gasteiger partial charge < -0.3 is 0 Å². The molecule has 0 bridgehead atoms. The van der Waals surface area contributed by atoms with Gasteiger partial charge in [0.25, 0.3) is 0 Å². The number of rotatable bonds is 1. The number of nitrogens with two attached hydrogens (primary N) is 1. The van der Waals surface area contributed by atoms with Gasteiger partial charge in [0.05, 0.1) is 0 Å². The molecule has 0 fully saturated rings. The molecular weight excluding hydrogens is 193 g/mol. The summed E-state index contributed by atoms with van der Waals surface area (Å²) in [6.07, 6.45) is 0. The van der Waals surface area contributed by atoms with Gasteiger partial charge >= 0.3 is 62.0 Å². The van der Waals surface area contributed by atoms with E-state index in [1.165, 1.54) is 0 Å². The van der Waals surface area contributed by atoms with Gasteiger partial charge in [0.2, 0.25) is 0 Å². The molecule has 0 amide bonds. The van der Waals surface area contributed by atoms with Crippen molar-refractivity contribution in [2.24, 2.45) is 4.65 Å². The topological polar surface area (TPSA) is 66.5 Å². The molecule has 1 aromatic rings. The summed E-state index contributed by atoms with van der Waals surface area (Å²) in [4.78, 5) is 0. The van der Waals surface area contributed by atoms with Crippen molar-refractivity contribution in [1.29, 1.82) is 0 Å². The first-order valence-electron chi connectivity index (χ1n) is 2.79. The summed E-state index contributed by atoms with van der Waals surface area (Å²) in [7, 11) is 0. The summed E-state index contributed by atoms with van der Waals surface area (Å²) < 4.78 is 23.6. The molecule has 1 aromatic carbocycles. The van der Waals surface area contributed by atoms with Crippen LogP contribution in [0.1, 0.15) is 0 Å². The van der Waals surface area contributed by atoms with Crippen LogP contribution in [0.3, 0.4) is 0 Å². The summed E-state index contributed by atoms with van der Waals surface area (Å²) in [5, 5.41) is 0. The Morgan fingerprint density at radius 1 is 1.10 bits per heavy atom. The van der Waals surface area contributed by atoms with E-state index in [1.807, 2.05) is 0 Å². The van der Waals surface area contributed by atoms with Gasteiger partial charge in [-0.05, 0) is 0 Å². The molecule has 1 radical (unpaired) electrons. The Labute approximate surface area is 62.5 Å². The fourth-order valence-electron chi connectivity index (χ4n) is 0.647. The number of hydrogen-bond acceptors (Lipinski definition) is 3. The standard InChI is InChI=1S/C6H9AsNO2/c8-7(9,10)6-4-2-1-3-5-6/h1-5,9-10H,8H2. The molecule has 0 aliphatic carbocycles. The Kier molecular flexibility index (Phi) is 2.11. The van der Waals surface area contributed by atoms with Crippen LogP contribution in [0.5, 0.6) is 0 Å². The van der Waals surface area contributed by atoms with Crippen LogP contribution >= 0.6 is 0 Å². The third kappa shape index (κ3) is 1.82. The van der Waals surface area contributed by atoms with Crippen molar-refractivity contribution in [1.82, 2.24) is 0 Å². The zero-order chi connectivity index (χ0) is 7.61. The van der Waals surface area contributed by atoms with E-state index in [0.717, 1.165) is 0 Å². The predicted molar refractivity (Wildman–Crippen MR) is 40.5 cm³/mol. The second kappa shape index (κ2) is 2.72. The van der Waals surface area contributed by atoms with Crippen LogP contribution in [0.4, 0.5) is 0 Å². The second-order valence-corrected chi connectivity index (χ2v) is 5.79. The van der Waals surface area contributed by atoms with Gasteiger partial charge in [-0.3, -0.25) is 0 Å². The minimum absolute atomic E-state index is 0.459. The summed E-state index contributed by atoms with van der Waals surface area (Å²) in [5.74, 6) is 0. The van der Waals surface area contributed by atoms with Gasteiger partial charge in [-0.1, -0.05) is 0 Å². The normalized spacial score (nSPS) is 11.5. The van der Waals surface area contributed by atoms with Crippen molar-refractivity contribution in [2.45, 2.75) is 0 Å². The van der Waals surface area contributed by atoms with Crippen molar-refractivity contribution < 1.29 is 8.19 Å². The molecule has 0 atom stereocenters. The summed E-state index contributed by atoms with van der Waals surface area (Å²) in [6, 6.07) is 8.49. The molecule has 0 saturated heterocycles. The van der Waals surface area contributed by atoms with Crippen molar-refractivity contribution >= 4 is 18.8 Å². The van der Waals surface area contributed by atoms with Gasteiger partial charge in [-0.25, -0.2) is 0 Å². The monoisotopic (exact) mass is 202 g/mol. The van der Waals surface area contributed by atoms with Gasteiger partial charge in [0, 0.05) is 0 Å². The zero-order valence-electron chi connectivity index (χ0n) is 5.31. The number of benzene rings is 1. The van der Waals surface area contributed by atoms with E-state index < -0.39 is 14.5 Å². The average Bonchev–Trinajstić information content (AvgIpc) is 1.88. The van der Waals surface area contributed by atoms with Crippen LogP contribution in [-0.2, 0) is 0 Å². The molecule has 4 heteroatoms. The molecule has 0 aliphatic heterocycles. The molecule has 0 aromatic heterocycles. The predicted octanol–water partition coefficient (Wildman–Crippen LogP) is -1.22. The van der Waals surface area contributed by atoms with Crippen LogP contribution in [-0.4, -0.2) is 22.7 Å². The van der Waals surface area contributed by atoms with Crippen LogP contribution in [0.25, 0.3) is 0 Å². The first kappa shape index (κ1) is 7.76. The molecule has 0 unspecified atom stereocenters. The molecular formula is C6H9AsNO2. The maximum absolute atomic E-state index is 8.99. The van der Waals surface area contributed by atoms with Crippen molar-refractivity contribution in [3.63, 3.8) is 0 Å². The van der Waals surface area contributed by atoms with Crippen molar-refractivity contribution in [3.05, 3.63) is 30.3 Å². The third-order valence-electron chi connectivity index (χ3n) is 1.14. The van der Waals surface area contributed by atoms with E-state index in [-0.39, 0.29) is 0 Å².